The molecule has 114 valence electrons. The Morgan fingerprint density at radius 3 is 2.25 bits per heavy atom. The van der Waals surface area contributed by atoms with Crippen molar-refractivity contribution < 1.29 is 4.79 Å². The van der Waals surface area contributed by atoms with E-state index in [0.29, 0.717) is 17.9 Å². The van der Waals surface area contributed by atoms with Crippen LogP contribution in [-0.2, 0) is 4.79 Å². The van der Waals surface area contributed by atoms with E-state index in [1.807, 2.05) is 6.92 Å². The fraction of sp³-hybridized carbons (Fsp3) is 0.722. The maximum Gasteiger partial charge on any atom is 0.130 e. The lowest BCUT2D eigenvalue weighted by Gasteiger charge is -2.41. The van der Waals surface area contributed by atoms with Gasteiger partial charge in [0.2, 0.25) is 0 Å². The average molecular weight is 277 g/mol. The van der Waals surface area contributed by atoms with Crippen LogP contribution in [0, 0.1) is 17.3 Å². The van der Waals surface area contributed by atoms with Crippen molar-refractivity contribution in [3.63, 3.8) is 0 Å². The first kappa shape index (κ1) is 17.2. The molecule has 0 spiro atoms. The summed E-state index contributed by atoms with van der Waals surface area (Å²) in [6.45, 7) is 17.7. The Morgan fingerprint density at radius 1 is 1.35 bits per heavy atom. The lowest BCUT2D eigenvalue weighted by atomic mass is 9.64. The van der Waals surface area contributed by atoms with Crippen LogP contribution >= 0.6 is 0 Å². The number of hydrogen-bond acceptors (Lipinski definition) is 2. The fourth-order valence-electron chi connectivity index (χ4n) is 3.85. The van der Waals surface area contributed by atoms with Gasteiger partial charge in [0.1, 0.15) is 6.29 Å². The molecule has 1 aliphatic carbocycles. The molecule has 2 unspecified atom stereocenters. The average Bonchev–Trinajstić information content (AvgIpc) is 2.39. The summed E-state index contributed by atoms with van der Waals surface area (Å²) >= 11 is 0. The van der Waals surface area contributed by atoms with Crippen molar-refractivity contribution in [1.82, 2.24) is 5.32 Å². The van der Waals surface area contributed by atoms with Crippen LogP contribution in [0.2, 0.25) is 0 Å². The second-order valence-corrected chi connectivity index (χ2v) is 6.61. The van der Waals surface area contributed by atoms with E-state index in [2.05, 4.69) is 39.2 Å². The smallest absolute Gasteiger partial charge is 0.130 e. The van der Waals surface area contributed by atoms with Gasteiger partial charge in [-0.25, -0.2) is 0 Å². The highest BCUT2D eigenvalue weighted by molar-refractivity contribution is 5.64. The standard InChI is InChI=1S/C18H31NO/c1-7-19-15(6)17(13(2)3)16-8-10-18(12-20,11-9-16)14(4)5/h12,15-17,19H,2,4,7-11H2,1,3,5-6H3. The third-order valence-corrected chi connectivity index (χ3v) is 5.14. The van der Waals surface area contributed by atoms with Crippen LogP contribution in [0.1, 0.15) is 53.4 Å². The third kappa shape index (κ3) is 3.60. The lowest BCUT2D eigenvalue weighted by Crippen LogP contribution is -2.41. The van der Waals surface area contributed by atoms with E-state index in [1.54, 1.807) is 0 Å². The van der Waals surface area contributed by atoms with Crippen LogP contribution in [0.25, 0.3) is 0 Å². The number of nitrogens with one attached hydrogen (secondary N) is 1. The van der Waals surface area contributed by atoms with Gasteiger partial charge in [-0.3, -0.25) is 0 Å². The predicted octanol–water partition coefficient (Wildman–Crippen LogP) is 4.13. The molecule has 0 aromatic carbocycles. The van der Waals surface area contributed by atoms with Crippen LogP contribution in [0.4, 0.5) is 0 Å². The summed E-state index contributed by atoms with van der Waals surface area (Å²) < 4.78 is 0. The Labute approximate surface area is 124 Å². The minimum Gasteiger partial charge on any atom is -0.314 e. The number of carbonyl (C=O) groups excluding carboxylic acids is 1. The summed E-state index contributed by atoms with van der Waals surface area (Å²) in [4.78, 5) is 11.5. The number of rotatable bonds is 7. The highest BCUT2D eigenvalue weighted by Crippen LogP contribution is 2.45. The molecule has 0 saturated heterocycles. The predicted molar refractivity (Wildman–Crippen MR) is 86.7 cm³/mol. The summed E-state index contributed by atoms with van der Waals surface area (Å²) in [5.41, 5.74) is 2.02. The largest absolute Gasteiger partial charge is 0.314 e. The molecule has 0 aliphatic heterocycles. The zero-order chi connectivity index (χ0) is 15.3. The molecule has 1 aliphatic rings. The molecule has 2 atom stereocenters. The van der Waals surface area contributed by atoms with Crippen molar-refractivity contribution in [1.29, 1.82) is 0 Å². The highest BCUT2D eigenvalue weighted by Gasteiger charge is 2.39. The van der Waals surface area contributed by atoms with Gasteiger partial charge in [-0.2, -0.15) is 0 Å². The second kappa shape index (κ2) is 7.21. The Hall–Kier alpha value is -0.890. The molecular weight excluding hydrogens is 246 g/mol. The first-order valence-electron chi connectivity index (χ1n) is 7.89. The Kier molecular flexibility index (Phi) is 6.19. The molecular formula is C18H31NO. The molecule has 0 aromatic rings. The van der Waals surface area contributed by atoms with Crippen molar-refractivity contribution in [2.45, 2.75) is 59.4 Å². The van der Waals surface area contributed by atoms with Gasteiger partial charge in [-0.1, -0.05) is 31.2 Å². The minimum atomic E-state index is -0.266. The van der Waals surface area contributed by atoms with Crippen molar-refractivity contribution in [2.75, 3.05) is 6.54 Å². The molecule has 2 nitrogen and oxygen atoms in total. The van der Waals surface area contributed by atoms with Crippen LogP contribution in [-0.4, -0.2) is 18.9 Å². The fourth-order valence-corrected chi connectivity index (χ4v) is 3.85. The monoisotopic (exact) mass is 277 g/mol. The molecule has 20 heavy (non-hydrogen) atoms. The molecule has 1 rings (SSSR count). The SMILES string of the molecule is C=C(C)C(C1CCC(C=O)(C(=C)C)CC1)C(C)NCC. The highest BCUT2D eigenvalue weighted by atomic mass is 16.1. The maximum atomic E-state index is 11.5. The van der Waals surface area contributed by atoms with Crippen LogP contribution in [0.5, 0.6) is 0 Å². The Bertz CT molecular complexity index is 364. The zero-order valence-corrected chi connectivity index (χ0v) is 13.7. The van der Waals surface area contributed by atoms with Crippen molar-refractivity contribution in [2.24, 2.45) is 17.3 Å². The van der Waals surface area contributed by atoms with E-state index in [-0.39, 0.29) is 5.41 Å². The van der Waals surface area contributed by atoms with Gasteiger partial charge < -0.3 is 10.1 Å². The minimum absolute atomic E-state index is 0.266. The summed E-state index contributed by atoms with van der Waals surface area (Å²) in [7, 11) is 0. The quantitative estimate of drug-likeness (QED) is 0.560. The van der Waals surface area contributed by atoms with Gasteiger partial charge in [0.15, 0.2) is 0 Å². The first-order valence-corrected chi connectivity index (χ1v) is 7.89. The molecule has 0 aromatic heterocycles. The van der Waals surface area contributed by atoms with Gasteiger partial charge in [0, 0.05) is 11.5 Å². The van der Waals surface area contributed by atoms with E-state index in [9.17, 15) is 4.79 Å². The number of allylic oxidation sites excluding steroid dienone is 1. The maximum absolute atomic E-state index is 11.5. The Morgan fingerprint density at radius 2 is 1.90 bits per heavy atom. The van der Waals surface area contributed by atoms with Gasteiger partial charge in [0.05, 0.1) is 0 Å². The van der Waals surface area contributed by atoms with Gasteiger partial charge in [0.25, 0.3) is 0 Å². The lowest BCUT2D eigenvalue weighted by molar-refractivity contribution is -0.116. The van der Waals surface area contributed by atoms with Crippen molar-refractivity contribution in [3.8, 4) is 0 Å². The van der Waals surface area contributed by atoms with Gasteiger partial charge in [-0.05, 0) is 64.8 Å². The molecule has 0 bridgehead atoms. The molecule has 0 amide bonds. The normalized spacial score (nSPS) is 29.5. The van der Waals surface area contributed by atoms with Gasteiger partial charge in [-0.15, -0.1) is 0 Å². The van der Waals surface area contributed by atoms with E-state index >= 15 is 0 Å². The van der Waals surface area contributed by atoms with Crippen LogP contribution < -0.4 is 5.32 Å². The summed E-state index contributed by atoms with van der Waals surface area (Å²) in [5, 5.41) is 3.53. The van der Waals surface area contributed by atoms with E-state index in [0.717, 1.165) is 44.1 Å². The molecule has 0 radical (unpaired) electrons. The van der Waals surface area contributed by atoms with E-state index < -0.39 is 0 Å². The van der Waals surface area contributed by atoms with Gasteiger partial charge >= 0.3 is 0 Å². The summed E-state index contributed by atoms with van der Waals surface area (Å²) in [5.74, 6) is 1.14. The van der Waals surface area contributed by atoms with Crippen molar-refractivity contribution >= 4 is 6.29 Å². The first-order chi connectivity index (χ1) is 9.38. The molecule has 1 fully saturated rings. The molecule has 2 heteroatoms. The van der Waals surface area contributed by atoms with Crippen molar-refractivity contribution in [3.05, 3.63) is 24.3 Å². The summed E-state index contributed by atoms with van der Waals surface area (Å²) in [6, 6.07) is 0.455. The summed E-state index contributed by atoms with van der Waals surface area (Å²) in [6.07, 6.45) is 5.21. The third-order valence-electron chi connectivity index (χ3n) is 5.14. The molecule has 0 heterocycles. The molecule has 1 N–H and O–H groups in total. The number of aldehydes is 1. The van der Waals surface area contributed by atoms with E-state index in [1.165, 1.54) is 5.57 Å². The number of carbonyl (C=O) groups is 1. The zero-order valence-electron chi connectivity index (χ0n) is 13.7. The van der Waals surface area contributed by atoms with Crippen LogP contribution in [0.15, 0.2) is 24.3 Å². The Balaban J connectivity index is 2.77. The number of hydrogen-bond donors (Lipinski definition) is 1. The van der Waals surface area contributed by atoms with E-state index in [4.69, 9.17) is 0 Å². The second-order valence-electron chi connectivity index (χ2n) is 6.61. The topological polar surface area (TPSA) is 29.1 Å². The van der Waals surface area contributed by atoms with Crippen LogP contribution in [0.3, 0.4) is 0 Å². The molecule has 1 saturated carbocycles.